The van der Waals surface area contributed by atoms with Crippen molar-refractivity contribution in [3.05, 3.63) is 24.3 Å². The van der Waals surface area contributed by atoms with Crippen molar-refractivity contribution in [2.45, 2.75) is 53.1 Å². The molecule has 0 heterocycles. The summed E-state index contributed by atoms with van der Waals surface area (Å²) in [5.74, 6) is -0.783. The number of aliphatic carboxylic acids is 1. The lowest BCUT2D eigenvalue weighted by Crippen LogP contribution is -2.41. The van der Waals surface area contributed by atoms with Gasteiger partial charge < -0.3 is 15.3 Å². The maximum Gasteiger partial charge on any atom is 0.328 e. The second kappa shape index (κ2) is 11.2. The second-order valence-corrected chi connectivity index (χ2v) is 5.01. The predicted molar refractivity (Wildman–Crippen MR) is 83.0 cm³/mol. The number of allylic oxidation sites excluding steroid dienone is 2. The van der Waals surface area contributed by atoms with Crippen LogP contribution in [-0.4, -0.2) is 39.8 Å². The fraction of sp³-hybridized carbons (Fsp3) is 0.625. The summed E-state index contributed by atoms with van der Waals surface area (Å²) in [7, 11) is 0. The molecule has 0 aromatic rings. The third-order valence-electron chi connectivity index (χ3n) is 3.14. The van der Waals surface area contributed by atoms with E-state index in [9.17, 15) is 14.7 Å². The van der Waals surface area contributed by atoms with Crippen molar-refractivity contribution in [3.8, 4) is 0 Å². The molecule has 1 aliphatic carbocycles. The van der Waals surface area contributed by atoms with Crippen LogP contribution in [0, 0.1) is 5.41 Å². The lowest BCUT2D eigenvalue weighted by molar-refractivity contribution is -0.132. The molecule has 0 radical (unpaired) electrons. The molecule has 0 spiro atoms. The van der Waals surface area contributed by atoms with Gasteiger partial charge in [0.1, 0.15) is 5.78 Å². The highest BCUT2D eigenvalue weighted by atomic mass is 16.4. The van der Waals surface area contributed by atoms with Crippen LogP contribution in [0.15, 0.2) is 24.3 Å². The third-order valence-corrected chi connectivity index (χ3v) is 3.14. The number of hydrogen-bond acceptors (Lipinski definition) is 4. The first kappa shape index (κ1) is 21.8. The monoisotopic (exact) mass is 300 g/mol. The van der Waals surface area contributed by atoms with E-state index < -0.39 is 17.5 Å². The van der Waals surface area contributed by atoms with Crippen molar-refractivity contribution < 1.29 is 24.9 Å². The smallest absolute Gasteiger partial charge is 0.328 e. The van der Waals surface area contributed by atoms with Crippen LogP contribution in [0.1, 0.15) is 47.0 Å². The molecule has 0 bridgehead atoms. The van der Waals surface area contributed by atoms with Crippen molar-refractivity contribution >= 4 is 11.8 Å². The quantitative estimate of drug-likeness (QED) is 0.549. The Morgan fingerprint density at radius 2 is 2.00 bits per heavy atom. The zero-order valence-corrected chi connectivity index (χ0v) is 13.4. The molecule has 122 valence electrons. The number of Topliss-reactive ketones (excluding diaryl/α,β-unsaturated/α-hetero) is 1. The zero-order valence-electron chi connectivity index (χ0n) is 13.4. The first-order chi connectivity index (χ1) is 9.75. The maximum absolute atomic E-state index is 11.0. The van der Waals surface area contributed by atoms with Crippen LogP contribution in [-0.2, 0) is 9.59 Å². The number of carbonyl (C=O) groups is 2. The first-order valence-electron chi connectivity index (χ1n) is 7.09. The number of aliphatic hydroxyl groups excluding tert-OH is 2. The molecule has 5 heteroatoms. The highest BCUT2D eigenvalue weighted by molar-refractivity contribution is 5.81. The summed E-state index contributed by atoms with van der Waals surface area (Å²) in [6, 6.07) is 0. The third kappa shape index (κ3) is 9.15. The summed E-state index contributed by atoms with van der Waals surface area (Å²) in [5, 5.41) is 26.5. The van der Waals surface area contributed by atoms with Crippen molar-refractivity contribution in [1.29, 1.82) is 0 Å². The van der Waals surface area contributed by atoms with Crippen LogP contribution in [0.4, 0.5) is 0 Å². The highest BCUT2D eigenvalue weighted by Gasteiger charge is 2.38. The lowest BCUT2D eigenvalue weighted by Gasteiger charge is -2.35. The molecule has 1 rings (SSSR count). The van der Waals surface area contributed by atoms with Crippen LogP contribution in [0.25, 0.3) is 0 Å². The topological polar surface area (TPSA) is 94.8 Å². The Hall–Kier alpha value is -1.46. The molecule has 3 N–H and O–H groups in total. The summed E-state index contributed by atoms with van der Waals surface area (Å²) in [4.78, 5) is 20.8. The van der Waals surface area contributed by atoms with Gasteiger partial charge in [-0.2, -0.15) is 0 Å². The summed E-state index contributed by atoms with van der Waals surface area (Å²) in [5.41, 5.74) is 0.0764. The van der Waals surface area contributed by atoms with E-state index in [-0.39, 0.29) is 12.4 Å². The van der Waals surface area contributed by atoms with Crippen LogP contribution in [0.3, 0.4) is 0 Å². The van der Waals surface area contributed by atoms with E-state index in [1.807, 2.05) is 13.8 Å². The highest BCUT2D eigenvalue weighted by Crippen LogP contribution is 2.33. The van der Waals surface area contributed by atoms with Crippen molar-refractivity contribution in [2.75, 3.05) is 6.61 Å². The minimum atomic E-state index is -0.928. The summed E-state index contributed by atoms with van der Waals surface area (Å²) >= 11 is 0. The molecule has 2 atom stereocenters. The van der Waals surface area contributed by atoms with Gasteiger partial charge in [-0.25, -0.2) is 4.79 Å². The fourth-order valence-corrected chi connectivity index (χ4v) is 1.72. The van der Waals surface area contributed by atoms with E-state index in [4.69, 9.17) is 10.2 Å². The van der Waals surface area contributed by atoms with E-state index in [2.05, 4.69) is 6.58 Å². The zero-order chi connectivity index (χ0) is 17.1. The van der Waals surface area contributed by atoms with Crippen LogP contribution >= 0.6 is 0 Å². The van der Waals surface area contributed by atoms with Gasteiger partial charge in [-0.15, -0.1) is 0 Å². The van der Waals surface area contributed by atoms with Crippen LogP contribution < -0.4 is 0 Å². The minimum Gasteiger partial charge on any atom is -0.478 e. The number of hydrogen-bond donors (Lipinski definition) is 3. The van der Waals surface area contributed by atoms with E-state index in [0.29, 0.717) is 24.8 Å². The van der Waals surface area contributed by atoms with Gasteiger partial charge in [0.15, 0.2) is 0 Å². The maximum atomic E-state index is 11.0. The van der Waals surface area contributed by atoms with Crippen LogP contribution in [0.5, 0.6) is 0 Å². The lowest BCUT2D eigenvalue weighted by atomic mass is 9.73. The molecule has 1 saturated carbocycles. The molecular formula is C16H28O5. The van der Waals surface area contributed by atoms with Gasteiger partial charge in [-0.1, -0.05) is 33.4 Å². The second-order valence-electron chi connectivity index (χ2n) is 5.01. The van der Waals surface area contributed by atoms with E-state index in [1.54, 1.807) is 13.8 Å². The number of rotatable bonds is 3. The molecular weight excluding hydrogens is 272 g/mol. The Kier molecular flexibility index (Phi) is 11.7. The molecule has 0 aliphatic heterocycles. The average Bonchev–Trinajstić information content (AvgIpc) is 2.45. The molecule has 0 amide bonds. The normalized spacial score (nSPS) is 25.0. The Bertz CT molecular complexity index is 373. The molecule has 1 unspecified atom stereocenters. The van der Waals surface area contributed by atoms with Gasteiger partial charge in [0.2, 0.25) is 0 Å². The van der Waals surface area contributed by atoms with Gasteiger partial charge in [0.05, 0.1) is 12.7 Å². The van der Waals surface area contributed by atoms with Crippen molar-refractivity contribution in [3.63, 3.8) is 0 Å². The Morgan fingerprint density at radius 1 is 1.48 bits per heavy atom. The van der Waals surface area contributed by atoms with Crippen molar-refractivity contribution in [2.24, 2.45) is 5.41 Å². The van der Waals surface area contributed by atoms with E-state index in [0.717, 1.165) is 6.08 Å². The Balaban J connectivity index is 0. The number of carboxylic acids is 1. The summed E-state index contributed by atoms with van der Waals surface area (Å²) in [6.07, 6.45) is 3.34. The average molecular weight is 300 g/mol. The largest absolute Gasteiger partial charge is 0.478 e. The number of carboxylic acid groups (broad SMARTS) is 1. The Labute approximate surface area is 127 Å². The first-order valence-corrected chi connectivity index (χ1v) is 7.09. The molecule has 1 aliphatic rings. The molecule has 21 heavy (non-hydrogen) atoms. The van der Waals surface area contributed by atoms with Crippen LogP contribution in [0.2, 0.25) is 0 Å². The van der Waals surface area contributed by atoms with E-state index in [1.165, 1.54) is 6.08 Å². The summed E-state index contributed by atoms with van der Waals surface area (Å²) < 4.78 is 0. The summed E-state index contributed by atoms with van der Waals surface area (Å²) in [6.45, 7) is 10.7. The fourth-order valence-electron chi connectivity index (χ4n) is 1.72. The van der Waals surface area contributed by atoms with E-state index >= 15 is 0 Å². The van der Waals surface area contributed by atoms with Crippen molar-refractivity contribution in [1.82, 2.24) is 0 Å². The van der Waals surface area contributed by atoms with Gasteiger partial charge in [-0.3, -0.25) is 4.79 Å². The minimum absolute atomic E-state index is 0.111. The Morgan fingerprint density at radius 3 is 2.29 bits per heavy atom. The van der Waals surface area contributed by atoms with Gasteiger partial charge in [0.25, 0.3) is 0 Å². The molecule has 5 nitrogen and oxygen atoms in total. The predicted octanol–water partition coefficient (Wildman–Crippen LogP) is 2.33. The van der Waals surface area contributed by atoms with Gasteiger partial charge in [0, 0.05) is 24.3 Å². The number of ketones is 1. The number of aliphatic hydroxyl groups is 2. The van der Waals surface area contributed by atoms with Gasteiger partial charge in [-0.05, 0) is 18.9 Å². The molecule has 0 aromatic carbocycles. The number of carbonyl (C=O) groups excluding carboxylic acids is 1. The standard InChI is InChI=1S/C8H14O3.C6H8O2.C2H6/c1-8(5-9)4-6(10)2-3-7(8)11;1-3-5(2)4-6(7)8;1-2/h7,9,11H,2-5H2,1H3;3-4H,1H2,2H3,(H,7,8);1-2H3/b;5-4+;/t7?,8-;;/m0../s1. The van der Waals surface area contributed by atoms with Gasteiger partial charge >= 0.3 is 5.97 Å². The SMILES string of the molecule is C=C/C(C)=C/C(=O)O.CC.C[C@@]1(CO)CC(=O)CCC1O. The molecule has 0 saturated heterocycles. The molecule has 0 aromatic heterocycles. The molecule has 1 fully saturated rings.